The smallest absolute Gasteiger partial charge is 0.326 e. The lowest BCUT2D eigenvalue weighted by molar-refractivity contribution is -0.143. The van der Waals surface area contributed by atoms with Crippen LogP contribution in [0.4, 0.5) is 10.5 Å². The van der Waals surface area contributed by atoms with Gasteiger partial charge in [0, 0.05) is 17.1 Å². The highest BCUT2D eigenvalue weighted by Gasteiger charge is 2.34. The topological polar surface area (TPSA) is 69.6 Å². The van der Waals surface area contributed by atoms with Gasteiger partial charge >= 0.3 is 12.0 Å². The van der Waals surface area contributed by atoms with Crippen molar-refractivity contribution in [1.82, 2.24) is 4.90 Å². The van der Waals surface area contributed by atoms with Crippen LogP contribution in [0.5, 0.6) is 0 Å². The summed E-state index contributed by atoms with van der Waals surface area (Å²) in [5.74, 6) is -0.607. The first kappa shape index (κ1) is 15.7. The Morgan fingerprint density at radius 3 is 2.86 bits per heavy atom. The third-order valence-electron chi connectivity index (χ3n) is 3.73. The van der Waals surface area contributed by atoms with E-state index >= 15 is 0 Å². The summed E-state index contributed by atoms with van der Waals surface area (Å²) in [4.78, 5) is 26.2. The van der Waals surface area contributed by atoms with Crippen molar-refractivity contribution in [3.8, 4) is 0 Å². The summed E-state index contributed by atoms with van der Waals surface area (Å²) >= 11 is 1.59. The standard InChI is InChI=1S/C15H20N2O3S/c1-10-6-7-17(13(8-10)14(18)19)15(20)16-11-4-3-5-12(9-11)21-2/h3-5,9-10,13H,6-8H2,1-2H3,(H,16,20)(H,18,19). The number of carboxylic acid groups (broad SMARTS) is 1. The largest absolute Gasteiger partial charge is 0.480 e. The van der Waals surface area contributed by atoms with Crippen LogP contribution in [0.1, 0.15) is 19.8 Å². The number of benzene rings is 1. The van der Waals surface area contributed by atoms with Crippen LogP contribution in [0.2, 0.25) is 0 Å². The van der Waals surface area contributed by atoms with E-state index in [0.717, 1.165) is 11.3 Å². The van der Waals surface area contributed by atoms with Gasteiger partial charge in [-0.3, -0.25) is 0 Å². The fourth-order valence-electron chi connectivity index (χ4n) is 2.51. The second kappa shape index (κ2) is 6.85. The van der Waals surface area contributed by atoms with Crippen LogP contribution in [0.15, 0.2) is 29.2 Å². The molecule has 0 aliphatic carbocycles. The number of urea groups is 1. The van der Waals surface area contributed by atoms with Gasteiger partial charge in [0.1, 0.15) is 6.04 Å². The molecule has 1 fully saturated rings. The predicted molar refractivity (Wildman–Crippen MR) is 83.8 cm³/mol. The van der Waals surface area contributed by atoms with Gasteiger partial charge in [-0.2, -0.15) is 0 Å². The Balaban J connectivity index is 2.09. The number of carbonyl (C=O) groups excluding carboxylic acids is 1. The summed E-state index contributed by atoms with van der Waals surface area (Å²) in [5.41, 5.74) is 0.689. The number of rotatable bonds is 3. The maximum atomic E-state index is 12.3. The molecule has 1 saturated heterocycles. The summed E-state index contributed by atoms with van der Waals surface area (Å²) < 4.78 is 0. The van der Waals surface area contributed by atoms with Crippen LogP contribution in [0, 0.1) is 5.92 Å². The lowest BCUT2D eigenvalue weighted by Gasteiger charge is -2.35. The Kier molecular flexibility index (Phi) is 5.12. The van der Waals surface area contributed by atoms with Crippen LogP contribution in [-0.4, -0.2) is 40.8 Å². The van der Waals surface area contributed by atoms with E-state index in [2.05, 4.69) is 5.32 Å². The van der Waals surface area contributed by atoms with E-state index in [-0.39, 0.29) is 6.03 Å². The second-order valence-corrected chi connectivity index (χ2v) is 6.22. The number of hydrogen-bond donors (Lipinski definition) is 2. The number of thioether (sulfide) groups is 1. The normalized spacial score (nSPS) is 21.9. The van der Waals surface area contributed by atoms with E-state index in [0.29, 0.717) is 24.6 Å². The zero-order valence-electron chi connectivity index (χ0n) is 12.2. The lowest BCUT2D eigenvalue weighted by Crippen LogP contribution is -2.51. The Bertz CT molecular complexity index is 535. The summed E-state index contributed by atoms with van der Waals surface area (Å²) in [6.45, 7) is 2.50. The molecular weight excluding hydrogens is 288 g/mol. The van der Waals surface area contributed by atoms with Gasteiger partial charge in [-0.05, 0) is 43.2 Å². The average Bonchev–Trinajstić information content (AvgIpc) is 2.47. The number of carbonyl (C=O) groups is 2. The molecule has 1 heterocycles. The molecule has 2 N–H and O–H groups in total. The number of aliphatic carboxylic acids is 1. The number of nitrogens with zero attached hydrogens (tertiary/aromatic N) is 1. The van der Waals surface area contributed by atoms with E-state index in [1.165, 1.54) is 4.90 Å². The molecule has 0 spiro atoms. The maximum absolute atomic E-state index is 12.3. The number of likely N-dealkylation sites (tertiary alicyclic amines) is 1. The molecule has 2 rings (SSSR count). The first-order chi connectivity index (χ1) is 10.0. The number of amides is 2. The van der Waals surface area contributed by atoms with E-state index < -0.39 is 12.0 Å². The van der Waals surface area contributed by atoms with Gasteiger partial charge in [0.25, 0.3) is 0 Å². The second-order valence-electron chi connectivity index (χ2n) is 5.34. The van der Waals surface area contributed by atoms with Crippen LogP contribution in [-0.2, 0) is 4.79 Å². The minimum absolute atomic E-state index is 0.329. The molecule has 1 aliphatic rings. The van der Waals surface area contributed by atoms with Crippen molar-refractivity contribution in [2.75, 3.05) is 18.1 Å². The van der Waals surface area contributed by atoms with E-state index in [9.17, 15) is 14.7 Å². The highest BCUT2D eigenvalue weighted by molar-refractivity contribution is 7.98. The molecule has 0 bridgehead atoms. The van der Waals surface area contributed by atoms with Gasteiger partial charge in [-0.25, -0.2) is 9.59 Å². The van der Waals surface area contributed by atoms with E-state index in [1.807, 2.05) is 31.4 Å². The van der Waals surface area contributed by atoms with Crippen molar-refractivity contribution >= 4 is 29.4 Å². The fourth-order valence-corrected chi connectivity index (χ4v) is 2.97. The molecule has 0 saturated carbocycles. The van der Waals surface area contributed by atoms with Crippen molar-refractivity contribution in [3.63, 3.8) is 0 Å². The third-order valence-corrected chi connectivity index (χ3v) is 4.46. The summed E-state index contributed by atoms with van der Waals surface area (Å²) in [5, 5.41) is 12.1. The maximum Gasteiger partial charge on any atom is 0.326 e. The molecule has 2 unspecified atom stereocenters. The Morgan fingerprint density at radius 2 is 2.19 bits per heavy atom. The van der Waals surface area contributed by atoms with Gasteiger partial charge in [0.15, 0.2) is 0 Å². The average molecular weight is 308 g/mol. The number of piperidine rings is 1. The molecule has 5 nitrogen and oxygen atoms in total. The van der Waals surface area contributed by atoms with E-state index in [4.69, 9.17) is 0 Å². The van der Waals surface area contributed by atoms with Crippen molar-refractivity contribution in [2.45, 2.75) is 30.7 Å². The Morgan fingerprint density at radius 1 is 1.43 bits per heavy atom. The van der Waals surface area contributed by atoms with Gasteiger partial charge in [0.05, 0.1) is 0 Å². The van der Waals surface area contributed by atoms with Crippen LogP contribution < -0.4 is 5.32 Å². The quantitative estimate of drug-likeness (QED) is 0.842. The summed E-state index contributed by atoms with van der Waals surface area (Å²) in [6, 6.07) is 6.44. The first-order valence-corrected chi connectivity index (χ1v) is 8.18. The highest BCUT2D eigenvalue weighted by atomic mass is 32.2. The molecule has 2 atom stereocenters. The Hall–Kier alpha value is -1.69. The van der Waals surface area contributed by atoms with Gasteiger partial charge in [0.2, 0.25) is 0 Å². The van der Waals surface area contributed by atoms with Crippen LogP contribution in [0.25, 0.3) is 0 Å². The molecular formula is C15H20N2O3S. The minimum atomic E-state index is -0.936. The zero-order chi connectivity index (χ0) is 15.4. The molecule has 1 aromatic carbocycles. The van der Waals surface area contributed by atoms with Crippen LogP contribution in [0.3, 0.4) is 0 Å². The minimum Gasteiger partial charge on any atom is -0.480 e. The fraction of sp³-hybridized carbons (Fsp3) is 0.467. The molecule has 21 heavy (non-hydrogen) atoms. The molecule has 0 radical (unpaired) electrons. The monoisotopic (exact) mass is 308 g/mol. The number of nitrogens with one attached hydrogen (secondary N) is 1. The first-order valence-electron chi connectivity index (χ1n) is 6.95. The lowest BCUT2D eigenvalue weighted by atomic mass is 9.93. The molecule has 6 heteroatoms. The van der Waals surface area contributed by atoms with Gasteiger partial charge in [-0.1, -0.05) is 13.0 Å². The molecule has 1 aliphatic heterocycles. The number of anilines is 1. The molecule has 0 aromatic heterocycles. The number of carboxylic acids is 1. The van der Waals surface area contributed by atoms with Gasteiger partial charge in [-0.15, -0.1) is 11.8 Å². The van der Waals surface area contributed by atoms with Crippen molar-refractivity contribution in [3.05, 3.63) is 24.3 Å². The molecule has 114 valence electrons. The zero-order valence-corrected chi connectivity index (χ0v) is 13.0. The van der Waals surface area contributed by atoms with Crippen molar-refractivity contribution < 1.29 is 14.7 Å². The Labute approximate surface area is 128 Å². The predicted octanol–water partition coefficient (Wildman–Crippen LogP) is 3.13. The van der Waals surface area contributed by atoms with Crippen LogP contribution >= 0.6 is 11.8 Å². The van der Waals surface area contributed by atoms with Crippen molar-refractivity contribution in [1.29, 1.82) is 0 Å². The van der Waals surface area contributed by atoms with Crippen molar-refractivity contribution in [2.24, 2.45) is 5.92 Å². The molecule has 1 aromatic rings. The third kappa shape index (κ3) is 3.91. The highest BCUT2D eigenvalue weighted by Crippen LogP contribution is 2.24. The summed E-state index contributed by atoms with van der Waals surface area (Å²) in [7, 11) is 0. The van der Waals surface area contributed by atoms with Gasteiger partial charge < -0.3 is 15.3 Å². The number of hydrogen-bond acceptors (Lipinski definition) is 3. The SMILES string of the molecule is CSc1cccc(NC(=O)N2CCC(C)CC2C(=O)O)c1. The molecule has 2 amide bonds. The summed E-state index contributed by atoms with van der Waals surface area (Å²) in [6.07, 6.45) is 3.31. The van der Waals surface area contributed by atoms with E-state index in [1.54, 1.807) is 17.8 Å².